The van der Waals surface area contributed by atoms with Crippen molar-refractivity contribution in [2.45, 2.75) is 53.0 Å². The molecule has 8 heteroatoms. The number of nitrogens with two attached hydrogens (primary N) is 2. The van der Waals surface area contributed by atoms with E-state index in [0.29, 0.717) is 24.9 Å². The Morgan fingerprint density at radius 1 is 0.611 bits per heavy atom. The van der Waals surface area contributed by atoms with Gasteiger partial charge in [0.25, 0.3) is 0 Å². The Morgan fingerprint density at radius 3 is 1.25 bits per heavy atom. The molecule has 0 saturated carbocycles. The monoisotopic (exact) mass is 530 g/mol. The third-order valence-electron chi connectivity index (χ3n) is 5.00. The number of hydrogen-bond donors (Lipinski definition) is 2. The number of amidine groups is 2. The van der Waals surface area contributed by atoms with E-state index in [9.17, 15) is 0 Å². The number of hydrogen-bond acceptors (Lipinski definition) is 4. The highest BCUT2D eigenvalue weighted by atomic mass is 35.5. The maximum absolute atomic E-state index is 6.04. The molecule has 0 unspecified atom stereocenters. The van der Waals surface area contributed by atoms with Crippen LogP contribution in [0, 0.1) is 0 Å². The molecule has 6 nitrogen and oxygen atoms in total. The Morgan fingerprint density at radius 2 is 0.944 bits per heavy atom. The smallest absolute Gasteiger partial charge is 0.125 e. The zero-order chi connectivity index (χ0) is 24.5. The molecule has 0 fully saturated rings. The first-order valence-corrected chi connectivity index (χ1v) is 11.5. The van der Waals surface area contributed by atoms with Crippen molar-refractivity contribution in [1.82, 2.24) is 0 Å². The van der Waals surface area contributed by atoms with Crippen LogP contribution in [0.5, 0.6) is 11.5 Å². The third kappa shape index (κ3) is 9.44. The minimum absolute atomic E-state index is 0. The Kier molecular flexibility index (Phi) is 12.9. The largest absolute Gasteiger partial charge is 0.489 e. The van der Waals surface area contributed by atoms with Crippen LogP contribution < -0.4 is 20.9 Å². The molecule has 0 aliphatic heterocycles. The number of ether oxygens (including phenoxy) is 2. The molecule has 194 valence electrons. The molecule has 0 spiro atoms. The van der Waals surface area contributed by atoms with E-state index in [1.165, 1.54) is 0 Å². The van der Waals surface area contributed by atoms with Gasteiger partial charge in [0, 0.05) is 23.2 Å². The summed E-state index contributed by atoms with van der Waals surface area (Å²) in [5.74, 6) is 2.61. The van der Waals surface area contributed by atoms with Crippen molar-refractivity contribution in [1.29, 1.82) is 0 Å². The summed E-state index contributed by atoms with van der Waals surface area (Å²) in [6.45, 7) is 8.88. The van der Waals surface area contributed by atoms with Gasteiger partial charge in [0.2, 0.25) is 0 Å². The lowest BCUT2D eigenvalue weighted by Crippen LogP contribution is -2.15. The Hall–Kier alpha value is -3.22. The van der Waals surface area contributed by atoms with E-state index < -0.39 is 0 Å². The lowest BCUT2D eigenvalue weighted by Gasteiger charge is -2.13. The average molecular weight is 532 g/mol. The van der Waals surface area contributed by atoms with Gasteiger partial charge in [0.1, 0.15) is 36.4 Å². The van der Waals surface area contributed by atoms with E-state index in [0.717, 1.165) is 33.8 Å². The molecule has 4 N–H and O–H groups in total. The summed E-state index contributed by atoms with van der Waals surface area (Å²) in [7, 11) is 0. The summed E-state index contributed by atoms with van der Waals surface area (Å²) in [5, 5.41) is 0. The maximum atomic E-state index is 6.04. The van der Waals surface area contributed by atoms with Crippen LogP contribution in [-0.4, -0.2) is 23.8 Å². The van der Waals surface area contributed by atoms with Gasteiger partial charge in [-0.05, 0) is 87.4 Å². The second kappa shape index (κ2) is 15.0. The Labute approximate surface area is 226 Å². The summed E-state index contributed by atoms with van der Waals surface area (Å²) in [6, 6.07) is 23.7. The molecular formula is C28H36Cl2N4O2. The summed E-state index contributed by atoms with van der Waals surface area (Å²) in [5.41, 5.74) is 16.0. The highest BCUT2D eigenvalue weighted by Gasteiger charge is 2.07. The summed E-state index contributed by atoms with van der Waals surface area (Å²) >= 11 is 0. The van der Waals surface area contributed by atoms with Gasteiger partial charge in [0.15, 0.2) is 0 Å². The molecule has 3 rings (SSSR count). The molecule has 0 heterocycles. The molecule has 0 saturated heterocycles. The fourth-order valence-corrected chi connectivity index (χ4v) is 3.31. The van der Waals surface area contributed by atoms with Gasteiger partial charge in [0.05, 0.1) is 0 Å². The minimum atomic E-state index is 0. The highest BCUT2D eigenvalue weighted by molar-refractivity contribution is 5.98. The topological polar surface area (TPSA) is 95.2 Å². The summed E-state index contributed by atoms with van der Waals surface area (Å²) < 4.78 is 12.0. The standard InChI is InChI=1S/C28H34N4O2.2ClH/c1-19(2)31-27(29)21-9-13-25(14-10-21)33-17-23-7-5-6-8-24(23)18-34-26-15-11-22(12-16-26)28(30)32-20(3)4;;/h5-16,19-20H,17-18H2,1-4H3,(H2,29,31)(H2,30,32);2*1H. The van der Waals surface area contributed by atoms with Gasteiger partial charge in [-0.25, -0.2) is 0 Å². The average Bonchev–Trinajstić information content (AvgIpc) is 2.81. The fraction of sp³-hybridized carbons (Fsp3) is 0.286. The summed E-state index contributed by atoms with van der Waals surface area (Å²) in [4.78, 5) is 8.76. The van der Waals surface area contributed by atoms with Crippen LogP contribution in [0.15, 0.2) is 82.8 Å². The quantitative estimate of drug-likeness (QED) is 0.251. The van der Waals surface area contributed by atoms with Crippen LogP contribution in [-0.2, 0) is 13.2 Å². The molecule has 0 aliphatic carbocycles. The van der Waals surface area contributed by atoms with E-state index in [-0.39, 0.29) is 36.9 Å². The van der Waals surface area contributed by atoms with Crippen molar-refractivity contribution in [3.05, 3.63) is 95.1 Å². The third-order valence-corrected chi connectivity index (χ3v) is 5.00. The molecule has 0 aromatic heterocycles. The van der Waals surface area contributed by atoms with E-state index in [4.69, 9.17) is 20.9 Å². The fourth-order valence-electron chi connectivity index (χ4n) is 3.31. The SMILES string of the molecule is CC(C)N=C(N)c1ccc(OCc2ccccc2COc2ccc(C(N)=NC(C)C)cc2)cc1.Cl.Cl. The van der Waals surface area contributed by atoms with Gasteiger partial charge in [-0.3, -0.25) is 9.98 Å². The minimum Gasteiger partial charge on any atom is -0.489 e. The summed E-state index contributed by atoms with van der Waals surface area (Å²) in [6.07, 6.45) is 0. The molecule has 0 radical (unpaired) electrons. The molecule has 3 aromatic rings. The van der Waals surface area contributed by atoms with Crippen molar-refractivity contribution in [2.24, 2.45) is 21.5 Å². The van der Waals surface area contributed by atoms with Gasteiger partial charge in [-0.1, -0.05) is 24.3 Å². The second-order valence-corrected chi connectivity index (χ2v) is 8.61. The van der Waals surface area contributed by atoms with Crippen LogP contribution >= 0.6 is 24.8 Å². The highest BCUT2D eigenvalue weighted by Crippen LogP contribution is 2.19. The molecule has 0 aliphatic rings. The molecule has 0 amide bonds. The number of benzene rings is 3. The zero-order valence-corrected chi connectivity index (χ0v) is 22.8. The van der Waals surface area contributed by atoms with Gasteiger partial charge in [-0.2, -0.15) is 0 Å². The molecule has 3 aromatic carbocycles. The molecule has 0 atom stereocenters. The Balaban J connectivity index is 0.00000324. The Bertz CT molecular complexity index is 1040. The van der Waals surface area contributed by atoms with Crippen molar-refractivity contribution in [2.75, 3.05) is 0 Å². The predicted molar refractivity (Wildman–Crippen MR) is 154 cm³/mol. The van der Waals surface area contributed by atoms with Crippen molar-refractivity contribution >= 4 is 36.5 Å². The van der Waals surface area contributed by atoms with E-state index in [1.54, 1.807) is 0 Å². The van der Waals surface area contributed by atoms with Crippen molar-refractivity contribution < 1.29 is 9.47 Å². The number of nitrogens with zero attached hydrogens (tertiary/aromatic N) is 2. The van der Waals surface area contributed by atoms with Crippen LogP contribution in [0.4, 0.5) is 0 Å². The molecule has 36 heavy (non-hydrogen) atoms. The number of rotatable bonds is 10. The van der Waals surface area contributed by atoms with E-state index >= 15 is 0 Å². The number of halogens is 2. The number of aliphatic imine (C=N–C) groups is 2. The van der Waals surface area contributed by atoms with Gasteiger partial charge in [-0.15, -0.1) is 24.8 Å². The lowest BCUT2D eigenvalue weighted by atomic mass is 10.1. The van der Waals surface area contributed by atoms with Crippen LogP contribution in [0.2, 0.25) is 0 Å². The molecule has 0 bridgehead atoms. The second-order valence-electron chi connectivity index (χ2n) is 8.61. The first-order chi connectivity index (χ1) is 16.3. The first kappa shape index (κ1) is 30.8. The van der Waals surface area contributed by atoms with E-state index in [2.05, 4.69) is 9.98 Å². The normalized spacial score (nSPS) is 11.6. The van der Waals surface area contributed by atoms with Crippen molar-refractivity contribution in [3.63, 3.8) is 0 Å². The van der Waals surface area contributed by atoms with Gasteiger partial charge >= 0.3 is 0 Å². The predicted octanol–water partition coefficient (Wildman–Crippen LogP) is 5.92. The maximum Gasteiger partial charge on any atom is 0.125 e. The van der Waals surface area contributed by atoms with Crippen LogP contribution in [0.25, 0.3) is 0 Å². The van der Waals surface area contributed by atoms with Crippen LogP contribution in [0.1, 0.15) is 49.9 Å². The van der Waals surface area contributed by atoms with E-state index in [1.807, 2.05) is 100 Å². The lowest BCUT2D eigenvalue weighted by molar-refractivity contribution is 0.285. The van der Waals surface area contributed by atoms with Gasteiger partial charge < -0.3 is 20.9 Å². The van der Waals surface area contributed by atoms with Crippen LogP contribution in [0.3, 0.4) is 0 Å². The first-order valence-electron chi connectivity index (χ1n) is 11.5. The molecular weight excluding hydrogens is 495 g/mol. The van der Waals surface area contributed by atoms with Crippen molar-refractivity contribution in [3.8, 4) is 11.5 Å². The zero-order valence-electron chi connectivity index (χ0n) is 21.2.